The zero-order valence-electron chi connectivity index (χ0n) is 12.6. The third kappa shape index (κ3) is 3.27. The number of carbonyl (C=O) groups excluding carboxylic acids is 1. The van der Waals surface area contributed by atoms with E-state index in [1.807, 2.05) is 29.2 Å². The molecule has 114 valence electrons. The number of hydrogen-bond donors (Lipinski definition) is 1. The predicted molar refractivity (Wildman–Crippen MR) is 83.8 cm³/mol. The van der Waals surface area contributed by atoms with Gasteiger partial charge < -0.3 is 10.6 Å². The van der Waals surface area contributed by atoms with E-state index < -0.39 is 0 Å². The van der Waals surface area contributed by atoms with Crippen LogP contribution in [0.15, 0.2) is 24.3 Å². The van der Waals surface area contributed by atoms with Crippen molar-refractivity contribution in [1.29, 1.82) is 0 Å². The van der Waals surface area contributed by atoms with Crippen LogP contribution in [0.5, 0.6) is 0 Å². The minimum Gasteiger partial charge on any atom is -0.341 e. The molecule has 2 aliphatic heterocycles. The first-order valence-corrected chi connectivity index (χ1v) is 8.06. The Bertz CT molecular complexity index is 497. The lowest BCUT2D eigenvalue weighted by atomic mass is 10.0. The highest BCUT2D eigenvalue weighted by Gasteiger charge is 2.31. The first-order valence-electron chi connectivity index (χ1n) is 8.06. The van der Waals surface area contributed by atoms with Gasteiger partial charge in [-0.05, 0) is 43.5 Å². The fourth-order valence-corrected chi connectivity index (χ4v) is 3.58. The van der Waals surface area contributed by atoms with Gasteiger partial charge in [0.05, 0.1) is 6.42 Å². The maximum absolute atomic E-state index is 12.5. The highest BCUT2D eigenvalue weighted by Crippen LogP contribution is 2.21. The van der Waals surface area contributed by atoms with Crippen molar-refractivity contribution in [3.63, 3.8) is 0 Å². The minimum atomic E-state index is 0.248. The SMILES string of the molecule is NCc1ccccc1CC(=O)N1CCC(N2CCCC2)C1. The van der Waals surface area contributed by atoms with Crippen LogP contribution in [0.25, 0.3) is 0 Å². The van der Waals surface area contributed by atoms with Crippen molar-refractivity contribution in [3.05, 3.63) is 35.4 Å². The molecule has 0 bridgehead atoms. The molecule has 4 nitrogen and oxygen atoms in total. The van der Waals surface area contributed by atoms with Crippen molar-refractivity contribution >= 4 is 5.91 Å². The Kier molecular flexibility index (Phi) is 4.56. The van der Waals surface area contributed by atoms with E-state index in [1.54, 1.807) is 0 Å². The number of rotatable bonds is 4. The molecular weight excluding hydrogens is 262 g/mol. The molecule has 0 spiro atoms. The standard InChI is InChI=1S/C17H25N3O/c18-12-15-6-2-1-5-14(15)11-17(21)20-10-7-16(13-20)19-8-3-4-9-19/h1-2,5-6,16H,3-4,7-13,18H2. The Morgan fingerprint density at radius 2 is 1.86 bits per heavy atom. The molecular formula is C17H25N3O. The van der Waals surface area contributed by atoms with E-state index >= 15 is 0 Å². The second kappa shape index (κ2) is 6.58. The minimum absolute atomic E-state index is 0.248. The number of hydrogen-bond acceptors (Lipinski definition) is 3. The Morgan fingerprint density at radius 3 is 2.57 bits per heavy atom. The van der Waals surface area contributed by atoms with Crippen molar-refractivity contribution in [1.82, 2.24) is 9.80 Å². The van der Waals surface area contributed by atoms with Crippen LogP contribution in [0.3, 0.4) is 0 Å². The van der Waals surface area contributed by atoms with Gasteiger partial charge in [-0.3, -0.25) is 9.69 Å². The van der Waals surface area contributed by atoms with Gasteiger partial charge in [-0.1, -0.05) is 24.3 Å². The van der Waals surface area contributed by atoms with Crippen LogP contribution in [0, 0.1) is 0 Å². The van der Waals surface area contributed by atoms with Crippen LogP contribution in [0.1, 0.15) is 30.4 Å². The third-order valence-corrected chi connectivity index (χ3v) is 4.85. The smallest absolute Gasteiger partial charge is 0.227 e. The predicted octanol–water partition coefficient (Wildman–Crippen LogP) is 1.38. The van der Waals surface area contributed by atoms with Gasteiger partial charge in [0.1, 0.15) is 0 Å². The molecule has 2 heterocycles. The number of nitrogens with two attached hydrogens (primary N) is 1. The molecule has 1 amide bonds. The van der Waals surface area contributed by atoms with Crippen LogP contribution in [-0.4, -0.2) is 47.9 Å². The van der Waals surface area contributed by atoms with Crippen LogP contribution in [-0.2, 0) is 17.8 Å². The topological polar surface area (TPSA) is 49.6 Å². The first kappa shape index (κ1) is 14.5. The second-order valence-electron chi connectivity index (χ2n) is 6.17. The van der Waals surface area contributed by atoms with Crippen molar-refractivity contribution in [3.8, 4) is 0 Å². The Hall–Kier alpha value is -1.39. The molecule has 1 unspecified atom stereocenters. The summed E-state index contributed by atoms with van der Waals surface area (Å²) in [5.41, 5.74) is 7.92. The molecule has 2 aliphatic rings. The maximum Gasteiger partial charge on any atom is 0.227 e. The van der Waals surface area contributed by atoms with Crippen molar-refractivity contribution in [2.75, 3.05) is 26.2 Å². The number of likely N-dealkylation sites (tertiary alicyclic amines) is 2. The first-order chi connectivity index (χ1) is 10.3. The average Bonchev–Trinajstić information content (AvgIpc) is 3.18. The number of amides is 1. The van der Waals surface area contributed by atoms with Crippen LogP contribution >= 0.6 is 0 Å². The molecule has 1 aromatic rings. The number of nitrogens with zero attached hydrogens (tertiary/aromatic N) is 2. The van der Waals surface area contributed by atoms with E-state index in [-0.39, 0.29) is 5.91 Å². The quantitative estimate of drug-likeness (QED) is 0.910. The normalized spacial score (nSPS) is 22.9. The van der Waals surface area contributed by atoms with Gasteiger partial charge in [0.25, 0.3) is 0 Å². The molecule has 1 aromatic carbocycles. The summed E-state index contributed by atoms with van der Waals surface area (Å²) in [5.74, 6) is 0.248. The van der Waals surface area contributed by atoms with Gasteiger partial charge in [-0.2, -0.15) is 0 Å². The highest BCUT2D eigenvalue weighted by molar-refractivity contribution is 5.79. The lowest BCUT2D eigenvalue weighted by Gasteiger charge is -2.23. The molecule has 0 aliphatic carbocycles. The van der Waals surface area contributed by atoms with Gasteiger partial charge in [-0.25, -0.2) is 0 Å². The molecule has 2 saturated heterocycles. The van der Waals surface area contributed by atoms with E-state index in [4.69, 9.17) is 5.73 Å². The third-order valence-electron chi connectivity index (χ3n) is 4.85. The number of carbonyl (C=O) groups is 1. The fourth-order valence-electron chi connectivity index (χ4n) is 3.58. The van der Waals surface area contributed by atoms with E-state index in [2.05, 4.69) is 4.90 Å². The fraction of sp³-hybridized carbons (Fsp3) is 0.588. The molecule has 3 rings (SSSR count). The van der Waals surface area contributed by atoms with Gasteiger partial charge in [0.2, 0.25) is 5.91 Å². The zero-order chi connectivity index (χ0) is 14.7. The summed E-state index contributed by atoms with van der Waals surface area (Å²) in [6.07, 6.45) is 4.24. The molecule has 0 radical (unpaired) electrons. The van der Waals surface area contributed by atoms with E-state index in [0.717, 1.165) is 30.6 Å². The molecule has 4 heteroatoms. The van der Waals surface area contributed by atoms with Crippen molar-refractivity contribution < 1.29 is 4.79 Å². The average molecular weight is 287 g/mol. The van der Waals surface area contributed by atoms with Gasteiger partial charge in [0.15, 0.2) is 0 Å². The number of benzene rings is 1. The van der Waals surface area contributed by atoms with E-state index in [0.29, 0.717) is 19.0 Å². The lowest BCUT2D eigenvalue weighted by molar-refractivity contribution is -0.129. The van der Waals surface area contributed by atoms with Crippen LogP contribution in [0.2, 0.25) is 0 Å². The Balaban J connectivity index is 1.58. The summed E-state index contributed by atoms with van der Waals surface area (Å²) >= 11 is 0. The highest BCUT2D eigenvalue weighted by atomic mass is 16.2. The lowest BCUT2D eigenvalue weighted by Crippen LogP contribution is -2.37. The van der Waals surface area contributed by atoms with Gasteiger partial charge in [0, 0.05) is 25.7 Å². The summed E-state index contributed by atoms with van der Waals surface area (Å²) in [7, 11) is 0. The van der Waals surface area contributed by atoms with Crippen molar-refractivity contribution in [2.45, 2.75) is 38.3 Å². The molecule has 1 atom stereocenters. The summed E-state index contributed by atoms with van der Waals surface area (Å²) in [6.45, 7) is 4.74. The zero-order valence-corrected chi connectivity index (χ0v) is 12.6. The maximum atomic E-state index is 12.5. The van der Waals surface area contributed by atoms with Gasteiger partial charge >= 0.3 is 0 Å². The van der Waals surface area contributed by atoms with E-state index in [1.165, 1.54) is 25.9 Å². The Labute approximate surface area is 126 Å². The summed E-state index contributed by atoms with van der Waals surface area (Å²) in [6, 6.07) is 8.59. The molecule has 2 fully saturated rings. The molecule has 0 saturated carbocycles. The second-order valence-corrected chi connectivity index (χ2v) is 6.17. The van der Waals surface area contributed by atoms with Crippen molar-refractivity contribution in [2.24, 2.45) is 5.73 Å². The molecule has 21 heavy (non-hydrogen) atoms. The van der Waals surface area contributed by atoms with E-state index in [9.17, 15) is 4.79 Å². The van der Waals surface area contributed by atoms with Crippen LogP contribution in [0.4, 0.5) is 0 Å². The molecule has 0 aromatic heterocycles. The summed E-state index contributed by atoms with van der Waals surface area (Å²) in [4.78, 5) is 17.1. The monoisotopic (exact) mass is 287 g/mol. The summed E-state index contributed by atoms with van der Waals surface area (Å²) in [5, 5.41) is 0. The Morgan fingerprint density at radius 1 is 1.14 bits per heavy atom. The van der Waals surface area contributed by atoms with Crippen LogP contribution < -0.4 is 5.73 Å². The van der Waals surface area contributed by atoms with Gasteiger partial charge in [-0.15, -0.1) is 0 Å². The molecule has 2 N–H and O–H groups in total. The summed E-state index contributed by atoms with van der Waals surface area (Å²) < 4.78 is 0. The largest absolute Gasteiger partial charge is 0.341 e.